The minimum absolute atomic E-state index is 0. The molecule has 0 saturated carbocycles. The van der Waals surface area contributed by atoms with Crippen molar-refractivity contribution in [2.45, 2.75) is 24.2 Å². The Morgan fingerprint density at radius 2 is 1.72 bits per heavy atom. The van der Waals surface area contributed by atoms with Gasteiger partial charge in [-0.1, -0.05) is 42.5 Å². The number of nitrogens with one attached hydrogen (secondary N) is 2. The molecule has 6 nitrogen and oxygen atoms in total. The Morgan fingerprint density at radius 3 is 2.28 bits per heavy atom. The average molecular weight is 531 g/mol. The van der Waals surface area contributed by atoms with Crippen molar-refractivity contribution in [3.8, 4) is 0 Å². The molecule has 0 fully saturated rings. The summed E-state index contributed by atoms with van der Waals surface area (Å²) >= 11 is 0. The van der Waals surface area contributed by atoms with Gasteiger partial charge in [0, 0.05) is 25.3 Å². The van der Waals surface area contributed by atoms with Crippen LogP contribution in [0.4, 0.5) is 0 Å². The quantitative estimate of drug-likeness (QED) is 0.263. The summed E-state index contributed by atoms with van der Waals surface area (Å²) in [4.78, 5) is 4.92. The number of sulfone groups is 1. The van der Waals surface area contributed by atoms with Crippen molar-refractivity contribution < 1.29 is 13.5 Å². The molecule has 1 unspecified atom stereocenters. The molecule has 160 valence electrons. The predicted octanol–water partition coefficient (Wildman–Crippen LogP) is 2.58. The van der Waals surface area contributed by atoms with Crippen LogP contribution in [0.2, 0.25) is 0 Å². The van der Waals surface area contributed by atoms with Gasteiger partial charge in [-0.2, -0.15) is 0 Å². The normalized spacial score (nSPS) is 12.7. The van der Waals surface area contributed by atoms with E-state index in [1.807, 2.05) is 49.4 Å². The van der Waals surface area contributed by atoms with Crippen LogP contribution in [0, 0.1) is 0 Å². The van der Waals surface area contributed by atoms with Crippen LogP contribution in [0.25, 0.3) is 0 Å². The number of guanidine groups is 1. The van der Waals surface area contributed by atoms with Gasteiger partial charge >= 0.3 is 0 Å². The van der Waals surface area contributed by atoms with E-state index in [9.17, 15) is 13.5 Å². The number of hydrogen-bond acceptors (Lipinski definition) is 4. The summed E-state index contributed by atoms with van der Waals surface area (Å²) in [5, 5.41) is 16.2. The van der Waals surface area contributed by atoms with Crippen LogP contribution in [0.3, 0.4) is 0 Å². The minimum Gasteiger partial charge on any atom is -0.396 e. The van der Waals surface area contributed by atoms with E-state index in [-0.39, 0.29) is 36.5 Å². The number of aliphatic hydroxyl groups is 1. The fourth-order valence-corrected chi connectivity index (χ4v) is 3.40. The molecule has 0 aliphatic rings. The minimum atomic E-state index is -3.17. The van der Waals surface area contributed by atoms with Crippen molar-refractivity contribution in [3.63, 3.8) is 0 Å². The van der Waals surface area contributed by atoms with Crippen LogP contribution in [0.15, 0.2) is 64.5 Å². The highest BCUT2D eigenvalue weighted by atomic mass is 127. The molecule has 0 saturated heterocycles. The van der Waals surface area contributed by atoms with Crippen molar-refractivity contribution in [2.24, 2.45) is 4.99 Å². The lowest BCUT2D eigenvalue weighted by atomic mass is 10.0. The highest BCUT2D eigenvalue weighted by molar-refractivity contribution is 14.0. The Balaban J connectivity index is 0.00000420. The van der Waals surface area contributed by atoms with E-state index in [2.05, 4.69) is 15.6 Å². The van der Waals surface area contributed by atoms with Gasteiger partial charge in [0.2, 0.25) is 0 Å². The summed E-state index contributed by atoms with van der Waals surface area (Å²) in [5.74, 6) is 0.657. The maximum atomic E-state index is 11.5. The topological polar surface area (TPSA) is 90.8 Å². The Hall–Kier alpha value is -1.65. The third kappa shape index (κ3) is 8.71. The molecular formula is C21H30IN3O3S. The monoisotopic (exact) mass is 531 g/mol. The second-order valence-electron chi connectivity index (χ2n) is 6.60. The molecule has 2 rings (SSSR count). The van der Waals surface area contributed by atoms with Gasteiger partial charge < -0.3 is 15.7 Å². The van der Waals surface area contributed by atoms with Crippen LogP contribution in [-0.2, 0) is 16.3 Å². The summed E-state index contributed by atoms with van der Waals surface area (Å²) in [7, 11) is -3.17. The molecule has 3 N–H and O–H groups in total. The van der Waals surface area contributed by atoms with Gasteiger partial charge in [-0.25, -0.2) is 8.42 Å². The first-order valence-corrected chi connectivity index (χ1v) is 11.3. The lowest BCUT2D eigenvalue weighted by molar-refractivity contribution is 0.268. The summed E-state index contributed by atoms with van der Waals surface area (Å²) in [6.07, 6.45) is 1.95. The van der Waals surface area contributed by atoms with Crippen molar-refractivity contribution >= 4 is 39.8 Å². The Bertz CT molecular complexity index is 856. The number of hydrogen-bond donors (Lipinski definition) is 3. The Labute approximate surface area is 190 Å². The number of halogens is 1. The SMILES string of the molecule is CCNC(=NCC(CO)c1ccccc1)NCCc1ccc(S(C)(=O)=O)cc1.I. The van der Waals surface area contributed by atoms with Crippen molar-refractivity contribution in [1.82, 2.24) is 10.6 Å². The van der Waals surface area contributed by atoms with Gasteiger partial charge in [0.1, 0.15) is 0 Å². The molecule has 0 heterocycles. The zero-order valence-electron chi connectivity index (χ0n) is 16.8. The lowest BCUT2D eigenvalue weighted by Crippen LogP contribution is -2.38. The summed E-state index contributed by atoms with van der Waals surface area (Å²) < 4.78 is 23.0. The molecule has 2 aromatic carbocycles. The number of aliphatic hydroxyl groups excluding tert-OH is 1. The Morgan fingerprint density at radius 1 is 1.07 bits per heavy atom. The van der Waals surface area contributed by atoms with E-state index in [4.69, 9.17) is 0 Å². The predicted molar refractivity (Wildman–Crippen MR) is 129 cm³/mol. The van der Waals surface area contributed by atoms with Crippen molar-refractivity contribution in [3.05, 3.63) is 65.7 Å². The molecule has 0 radical (unpaired) electrons. The summed E-state index contributed by atoms with van der Waals surface area (Å²) in [5.41, 5.74) is 2.11. The molecule has 1 atom stereocenters. The second kappa shape index (κ2) is 12.8. The van der Waals surface area contributed by atoms with Gasteiger partial charge in [0.25, 0.3) is 0 Å². The second-order valence-corrected chi connectivity index (χ2v) is 8.62. The summed E-state index contributed by atoms with van der Waals surface area (Å²) in [6, 6.07) is 16.8. The van der Waals surface area contributed by atoms with E-state index in [0.717, 1.165) is 24.1 Å². The Kier molecular flexibility index (Phi) is 11.2. The number of benzene rings is 2. The van der Waals surface area contributed by atoms with Crippen LogP contribution in [-0.4, -0.2) is 52.0 Å². The van der Waals surface area contributed by atoms with Gasteiger partial charge in [-0.05, 0) is 36.6 Å². The van der Waals surface area contributed by atoms with E-state index in [1.165, 1.54) is 6.26 Å². The molecule has 0 aromatic heterocycles. The fourth-order valence-electron chi connectivity index (χ4n) is 2.77. The lowest BCUT2D eigenvalue weighted by Gasteiger charge is -2.15. The first-order chi connectivity index (χ1) is 13.4. The van der Waals surface area contributed by atoms with Crippen LogP contribution in [0.1, 0.15) is 24.0 Å². The zero-order valence-corrected chi connectivity index (χ0v) is 20.0. The van der Waals surface area contributed by atoms with Crippen molar-refractivity contribution in [1.29, 1.82) is 0 Å². The van der Waals surface area contributed by atoms with Crippen LogP contribution >= 0.6 is 24.0 Å². The smallest absolute Gasteiger partial charge is 0.191 e. The van der Waals surface area contributed by atoms with Crippen LogP contribution < -0.4 is 10.6 Å². The van der Waals surface area contributed by atoms with Gasteiger partial charge in [-0.15, -0.1) is 24.0 Å². The summed E-state index contributed by atoms with van der Waals surface area (Å²) in [6.45, 7) is 3.93. The maximum Gasteiger partial charge on any atom is 0.191 e. The number of aliphatic imine (C=N–C) groups is 1. The standard InChI is InChI=1S/C21H29N3O3S.HI/c1-3-22-21(24-15-19(16-25)18-7-5-4-6-8-18)23-14-13-17-9-11-20(12-10-17)28(2,26)27;/h4-12,19,25H,3,13-16H2,1-2H3,(H2,22,23,24);1H. The van der Waals surface area contributed by atoms with E-state index in [1.54, 1.807) is 12.1 Å². The average Bonchev–Trinajstić information content (AvgIpc) is 2.69. The first kappa shape index (κ1) is 25.4. The molecule has 0 bridgehead atoms. The number of rotatable bonds is 9. The van der Waals surface area contributed by atoms with Gasteiger partial charge in [0.15, 0.2) is 15.8 Å². The zero-order chi connectivity index (χ0) is 20.4. The third-order valence-corrected chi connectivity index (χ3v) is 5.49. The molecule has 0 amide bonds. The van der Waals surface area contributed by atoms with Gasteiger partial charge in [0.05, 0.1) is 18.0 Å². The molecule has 0 aliphatic carbocycles. The van der Waals surface area contributed by atoms with E-state index in [0.29, 0.717) is 23.9 Å². The van der Waals surface area contributed by atoms with Gasteiger partial charge in [-0.3, -0.25) is 4.99 Å². The molecule has 0 aliphatic heterocycles. The maximum absolute atomic E-state index is 11.5. The molecule has 2 aromatic rings. The van der Waals surface area contributed by atoms with E-state index < -0.39 is 9.84 Å². The third-order valence-electron chi connectivity index (χ3n) is 4.36. The van der Waals surface area contributed by atoms with Crippen LogP contribution in [0.5, 0.6) is 0 Å². The molecule has 0 spiro atoms. The highest BCUT2D eigenvalue weighted by Crippen LogP contribution is 2.15. The first-order valence-electron chi connectivity index (χ1n) is 9.41. The highest BCUT2D eigenvalue weighted by Gasteiger charge is 2.10. The largest absolute Gasteiger partial charge is 0.396 e. The number of nitrogens with zero attached hydrogens (tertiary/aromatic N) is 1. The fraction of sp³-hybridized carbons (Fsp3) is 0.381. The molecule has 29 heavy (non-hydrogen) atoms. The molecular weight excluding hydrogens is 501 g/mol. The van der Waals surface area contributed by atoms with Crippen molar-refractivity contribution in [2.75, 3.05) is 32.5 Å². The van der Waals surface area contributed by atoms with E-state index >= 15 is 0 Å². The molecule has 8 heteroatoms.